The van der Waals surface area contributed by atoms with E-state index in [1.807, 2.05) is 12.2 Å². The van der Waals surface area contributed by atoms with Gasteiger partial charge >= 0.3 is 0 Å². The van der Waals surface area contributed by atoms with Gasteiger partial charge in [-0.05, 0) is 12.8 Å². The van der Waals surface area contributed by atoms with Gasteiger partial charge < -0.3 is 14.9 Å². The average molecular weight is 659 g/mol. The van der Waals surface area contributed by atoms with Gasteiger partial charge in [-0.25, -0.2) is 12.2 Å². The van der Waals surface area contributed by atoms with Crippen LogP contribution in [0.2, 0.25) is 0 Å². The summed E-state index contributed by atoms with van der Waals surface area (Å²) in [6.45, 7) is 13.5. The molecule has 3 heteroatoms. The van der Waals surface area contributed by atoms with Gasteiger partial charge in [0.25, 0.3) is 0 Å². The zero-order valence-electron chi connectivity index (χ0n) is 27.6. The van der Waals surface area contributed by atoms with Crippen LogP contribution in [0.1, 0.15) is 81.3 Å². The molecule has 0 aliphatic heterocycles. The van der Waals surface area contributed by atoms with Crippen molar-refractivity contribution in [3.8, 4) is 22.3 Å². The van der Waals surface area contributed by atoms with Crippen molar-refractivity contribution in [3.05, 3.63) is 157 Å². The summed E-state index contributed by atoms with van der Waals surface area (Å²) in [4.78, 5) is 0. The Morgan fingerprint density at radius 3 is 1.32 bits per heavy atom. The Hall–Kier alpha value is -2.35. The quantitative estimate of drug-likeness (QED) is 0.113. The van der Waals surface area contributed by atoms with Gasteiger partial charge in [-0.15, -0.1) is 42.4 Å². The summed E-state index contributed by atoms with van der Waals surface area (Å²) in [5.41, 5.74) is 14.2. The molecule has 0 saturated heterocycles. The zero-order valence-corrected chi connectivity index (χ0v) is 30.8. The third kappa shape index (κ3) is 9.58. The number of halogens is 2. The van der Waals surface area contributed by atoms with Crippen LogP contribution in [-0.4, -0.2) is 0 Å². The molecular weight excluding hydrogens is 611 g/mol. The van der Waals surface area contributed by atoms with E-state index in [2.05, 4.69) is 139 Å². The van der Waals surface area contributed by atoms with Gasteiger partial charge in [-0.3, -0.25) is 6.08 Å². The molecule has 0 fully saturated rings. The van der Waals surface area contributed by atoms with Gasteiger partial charge in [0, 0.05) is 21.7 Å². The van der Waals surface area contributed by atoms with Crippen molar-refractivity contribution in [1.82, 2.24) is 0 Å². The second kappa shape index (κ2) is 17.4. The number of benzene rings is 4. The van der Waals surface area contributed by atoms with Crippen LogP contribution in [0.4, 0.5) is 0 Å². The van der Waals surface area contributed by atoms with E-state index in [0.717, 1.165) is 19.3 Å². The monoisotopic (exact) mass is 657 g/mol. The maximum absolute atomic E-state index is 3.47. The molecule has 4 aromatic carbocycles. The number of allylic oxidation sites excluding steroid dienone is 4. The minimum Gasteiger partial charge on any atom is -0.358 e. The molecule has 0 nitrogen and oxygen atoms in total. The molecule has 0 atom stereocenters. The molecule has 234 valence electrons. The molecule has 44 heavy (non-hydrogen) atoms. The molecule has 3 aliphatic rings. The Bertz CT molecular complexity index is 1430. The van der Waals surface area contributed by atoms with E-state index in [-0.39, 0.29) is 72.2 Å². The standard InChI is InChI=1S/2C17H17.C5H5.2CH3.2ClH.Ti/c2*1-17(2,3)14-9-8-13-10-12-6-4-5-7-15(12)16(13)11-14;1-2-4-5-3-1;;;;;/h2*4-7,9,11H,10H2,1-3H3;1-3H,4H2;2*1H3;2*1H;/q5*-1;;;. The van der Waals surface area contributed by atoms with Crippen molar-refractivity contribution in [2.45, 2.75) is 71.6 Å². The topological polar surface area (TPSA) is 0 Å². The van der Waals surface area contributed by atoms with E-state index < -0.39 is 0 Å². The molecule has 0 amide bonds. The van der Waals surface area contributed by atoms with E-state index in [4.69, 9.17) is 0 Å². The zero-order chi connectivity index (χ0) is 27.6. The Labute approximate surface area is 296 Å². The molecule has 0 unspecified atom stereocenters. The summed E-state index contributed by atoms with van der Waals surface area (Å²) in [6.07, 6.45) is 12.1. The van der Waals surface area contributed by atoms with Crippen molar-refractivity contribution in [2.24, 2.45) is 0 Å². The van der Waals surface area contributed by atoms with Gasteiger partial charge in [-0.1, -0.05) is 123 Å². The number of hydrogen-bond acceptors (Lipinski definition) is 0. The van der Waals surface area contributed by atoms with Crippen molar-refractivity contribution >= 4 is 24.8 Å². The first-order chi connectivity index (χ1) is 18.6. The maximum atomic E-state index is 3.47. The van der Waals surface area contributed by atoms with Gasteiger partial charge in [0.2, 0.25) is 0 Å². The molecule has 0 spiro atoms. The van der Waals surface area contributed by atoms with Crippen LogP contribution in [0.25, 0.3) is 22.3 Å². The molecule has 0 saturated carbocycles. The third-order valence-corrected chi connectivity index (χ3v) is 7.72. The Kier molecular flexibility index (Phi) is 16.5. The molecule has 0 aromatic heterocycles. The fourth-order valence-corrected chi connectivity index (χ4v) is 5.29. The SMILES string of the molecule is CC(C)(C)c1c[c-]c2c(c1)-c1ccccc1C2.CC(C)(C)c1c[c-]c2c(c1)-c1ccccc1C2.Cl.Cl.[C-]1=CC=CC1.[CH3-].[CH3-].[Ti]. The van der Waals surface area contributed by atoms with Crippen LogP contribution in [0.5, 0.6) is 0 Å². The third-order valence-electron chi connectivity index (χ3n) is 7.72. The maximum Gasteiger partial charge on any atom is 0 e. The van der Waals surface area contributed by atoms with E-state index >= 15 is 0 Å². The van der Waals surface area contributed by atoms with Gasteiger partial charge in [-0.2, -0.15) is 64.7 Å². The van der Waals surface area contributed by atoms with Crippen LogP contribution in [-0.2, 0) is 45.4 Å². The second-order valence-corrected chi connectivity index (χ2v) is 12.7. The number of rotatable bonds is 0. The fourth-order valence-electron chi connectivity index (χ4n) is 5.29. The summed E-state index contributed by atoms with van der Waals surface area (Å²) in [6, 6.07) is 33.3. The Balaban J connectivity index is 0.000000660. The smallest absolute Gasteiger partial charge is 0 e. The first-order valence-electron chi connectivity index (χ1n) is 14.1. The van der Waals surface area contributed by atoms with E-state index in [0.29, 0.717) is 0 Å². The predicted octanol–water partition coefficient (Wildman–Crippen LogP) is 11.8. The van der Waals surface area contributed by atoms with Crippen LogP contribution in [0, 0.1) is 33.1 Å². The Morgan fingerprint density at radius 2 is 1.00 bits per heavy atom. The van der Waals surface area contributed by atoms with Crippen LogP contribution in [0.15, 0.2) is 91.0 Å². The molecule has 3 aliphatic carbocycles. The van der Waals surface area contributed by atoms with Crippen molar-refractivity contribution in [2.75, 3.05) is 0 Å². The van der Waals surface area contributed by atoms with E-state index in [1.54, 1.807) is 0 Å². The summed E-state index contributed by atoms with van der Waals surface area (Å²) in [5, 5.41) is 0. The average Bonchev–Trinajstić information content (AvgIpc) is 3.67. The number of fused-ring (bicyclic) bond motifs is 6. The molecule has 0 bridgehead atoms. The molecule has 0 radical (unpaired) electrons. The molecule has 4 aromatic rings. The van der Waals surface area contributed by atoms with Crippen LogP contribution >= 0.6 is 24.8 Å². The first kappa shape index (κ1) is 41.7. The van der Waals surface area contributed by atoms with Crippen molar-refractivity contribution in [3.63, 3.8) is 0 Å². The predicted molar refractivity (Wildman–Crippen MR) is 193 cm³/mol. The normalized spacial score (nSPS) is 12.3. The number of hydrogen-bond donors (Lipinski definition) is 0. The first-order valence-corrected chi connectivity index (χ1v) is 14.1. The summed E-state index contributed by atoms with van der Waals surface area (Å²) >= 11 is 0. The molecular formula is C41H47Cl2Ti-5. The van der Waals surface area contributed by atoms with Gasteiger partial charge in [0.15, 0.2) is 0 Å². The van der Waals surface area contributed by atoms with Gasteiger partial charge in [0.1, 0.15) is 0 Å². The van der Waals surface area contributed by atoms with E-state index in [9.17, 15) is 0 Å². The molecule has 0 heterocycles. The van der Waals surface area contributed by atoms with Crippen molar-refractivity contribution < 1.29 is 21.7 Å². The summed E-state index contributed by atoms with van der Waals surface area (Å²) in [5.74, 6) is 0. The second-order valence-electron chi connectivity index (χ2n) is 12.7. The largest absolute Gasteiger partial charge is 0.358 e. The van der Waals surface area contributed by atoms with Crippen molar-refractivity contribution in [1.29, 1.82) is 0 Å². The molecule has 0 N–H and O–H groups in total. The van der Waals surface area contributed by atoms with E-state index in [1.165, 1.54) is 55.6 Å². The minimum atomic E-state index is 0. The summed E-state index contributed by atoms with van der Waals surface area (Å²) < 4.78 is 0. The van der Waals surface area contributed by atoms with Crippen LogP contribution < -0.4 is 0 Å². The minimum absolute atomic E-state index is 0. The van der Waals surface area contributed by atoms with Gasteiger partial charge in [0.05, 0.1) is 0 Å². The van der Waals surface area contributed by atoms with Crippen LogP contribution in [0.3, 0.4) is 0 Å². The Morgan fingerprint density at radius 1 is 0.591 bits per heavy atom. The summed E-state index contributed by atoms with van der Waals surface area (Å²) in [7, 11) is 0. The molecule has 7 rings (SSSR count). The fraction of sp³-hybridized carbons (Fsp3) is 0.268.